The van der Waals surface area contributed by atoms with Crippen molar-refractivity contribution in [3.63, 3.8) is 0 Å². The molecule has 0 radical (unpaired) electrons. The highest BCUT2D eigenvalue weighted by Crippen LogP contribution is 2.13. The predicted octanol–water partition coefficient (Wildman–Crippen LogP) is 0.934. The number of hydrogen-bond acceptors (Lipinski definition) is 4. The van der Waals surface area contributed by atoms with Gasteiger partial charge < -0.3 is 10.1 Å². The molecule has 2 heterocycles. The Morgan fingerprint density at radius 2 is 2.43 bits per heavy atom. The normalized spacial score (nSPS) is 26.4. The van der Waals surface area contributed by atoms with E-state index in [1.54, 1.807) is 12.3 Å². The van der Waals surface area contributed by atoms with Crippen molar-refractivity contribution in [1.29, 1.82) is 0 Å². The van der Waals surface area contributed by atoms with E-state index in [9.17, 15) is 4.39 Å². The highest BCUT2D eigenvalue weighted by molar-refractivity contribution is 5.27. The predicted molar refractivity (Wildman–Crippen MR) is 49.9 cm³/mol. The number of hydrogen-bond donors (Lipinski definition) is 1. The third-order valence-corrected chi connectivity index (χ3v) is 2.12. The van der Waals surface area contributed by atoms with Gasteiger partial charge in [-0.15, -0.1) is 0 Å². The van der Waals surface area contributed by atoms with Crippen LogP contribution in [0.2, 0.25) is 0 Å². The minimum absolute atomic E-state index is 0.156. The Morgan fingerprint density at radius 3 is 3.07 bits per heavy atom. The van der Waals surface area contributed by atoms with Crippen molar-refractivity contribution in [2.45, 2.75) is 19.1 Å². The van der Waals surface area contributed by atoms with Crippen molar-refractivity contribution >= 4 is 5.95 Å². The fourth-order valence-corrected chi connectivity index (χ4v) is 1.34. The second-order valence-corrected chi connectivity index (χ2v) is 3.33. The van der Waals surface area contributed by atoms with Crippen LogP contribution >= 0.6 is 0 Å². The minimum Gasteiger partial charge on any atom is -0.376 e. The second-order valence-electron chi connectivity index (χ2n) is 3.33. The summed E-state index contributed by atoms with van der Waals surface area (Å²) >= 11 is 0. The van der Waals surface area contributed by atoms with E-state index in [0.29, 0.717) is 12.6 Å². The van der Waals surface area contributed by atoms with E-state index in [4.69, 9.17) is 4.74 Å². The second kappa shape index (κ2) is 3.88. The smallest absolute Gasteiger partial charge is 0.223 e. The highest BCUT2D eigenvalue weighted by Gasteiger charge is 2.28. The van der Waals surface area contributed by atoms with E-state index in [2.05, 4.69) is 15.3 Å². The molecule has 1 N–H and O–H groups in total. The van der Waals surface area contributed by atoms with E-state index < -0.39 is 6.17 Å². The summed E-state index contributed by atoms with van der Waals surface area (Å²) in [5.74, 6) is 0.461. The lowest BCUT2D eigenvalue weighted by molar-refractivity contribution is 0.173. The Hall–Kier alpha value is -1.23. The lowest BCUT2D eigenvalue weighted by Gasteiger charge is -2.12. The molecule has 4 nitrogen and oxygen atoms in total. The first-order valence-electron chi connectivity index (χ1n) is 4.54. The van der Waals surface area contributed by atoms with Crippen molar-refractivity contribution in [2.24, 2.45) is 0 Å². The van der Waals surface area contributed by atoms with Crippen LogP contribution < -0.4 is 5.32 Å². The minimum atomic E-state index is -0.973. The molecule has 0 saturated carbocycles. The summed E-state index contributed by atoms with van der Waals surface area (Å²) in [5.41, 5.74) is 0.858. The van der Waals surface area contributed by atoms with Crippen molar-refractivity contribution < 1.29 is 9.13 Å². The lowest BCUT2D eigenvalue weighted by atomic mass is 10.2. The van der Waals surface area contributed by atoms with Crippen molar-refractivity contribution in [2.75, 3.05) is 18.5 Å². The molecule has 0 aliphatic carbocycles. The van der Waals surface area contributed by atoms with Crippen LogP contribution in [0.1, 0.15) is 5.69 Å². The molecule has 0 amide bonds. The van der Waals surface area contributed by atoms with Crippen LogP contribution in [0, 0.1) is 6.92 Å². The van der Waals surface area contributed by atoms with Gasteiger partial charge >= 0.3 is 0 Å². The fraction of sp³-hybridized carbons (Fsp3) is 0.556. The molecule has 0 spiro atoms. The third kappa shape index (κ3) is 1.98. The quantitative estimate of drug-likeness (QED) is 0.766. The van der Waals surface area contributed by atoms with Crippen molar-refractivity contribution in [3.05, 3.63) is 18.0 Å². The molecule has 2 unspecified atom stereocenters. The number of anilines is 1. The van der Waals surface area contributed by atoms with Gasteiger partial charge in [-0.05, 0) is 13.0 Å². The van der Waals surface area contributed by atoms with Crippen LogP contribution in [0.3, 0.4) is 0 Å². The van der Waals surface area contributed by atoms with Gasteiger partial charge in [0.05, 0.1) is 19.3 Å². The Balaban J connectivity index is 2.03. The summed E-state index contributed by atoms with van der Waals surface area (Å²) in [6.45, 7) is 2.40. The first-order valence-corrected chi connectivity index (χ1v) is 4.54. The zero-order valence-corrected chi connectivity index (χ0v) is 7.90. The number of rotatable bonds is 2. The molecule has 5 heteroatoms. The topological polar surface area (TPSA) is 47.0 Å². The maximum atomic E-state index is 13.1. The molecule has 2 atom stereocenters. The van der Waals surface area contributed by atoms with Crippen LogP contribution in [-0.2, 0) is 4.74 Å². The standard InChI is InChI=1S/C9H12FN3O/c1-6-2-3-11-9(12-6)13-8-5-14-4-7(8)10/h2-3,7-8H,4-5H2,1H3,(H,11,12,13). The number of aryl methyl sites for hydroxylation is 1. The van der Waals surface area contributed by atoms with Gasteiger partial charge in [-0.2, -0.15) is 0 Å². The number of nitrogens with zero attached hydrogens (tertiary/aromatic N) is 2. The molecule has 0 aromatic carbocycles. The van der Waals surface area contributed by atoms with Gasteiger partial charge in [0.1, 0.15) is 6.17 Å². The Kier molecular flexibility index (Phi) is 2.58. The van der Waals surface area contributed by atoms with Gasteiger partial charge in [-0.1, -0.05) is 0 Å². The molecule has 1 fully saturated rings. The number of ether oxygens (including phenoxy) is 1. The first-order chi connectivity index (χ1) is 6.75. The summed E-state index contributed by atoms with van der Waals surface area (Å²) in [7, 11) is 0. The molecule has 76 valence electrons. The van der Waals surface area contributed by atoms with Gasteiger partial charge in [0.2, 0.25) is 5.95 Å². The summed E-state index contributed by atoms with van der Waals surface area (Å²) < 4.78 is 18.1. The van der Waals surface area contributed by atoms with E-state index in [-0.39, 0.29) is 12.6 Å². The first kappa shape index (κ1) is 9.33. The number of aromatic nitrogens is 2. The number of alkyl halides is 1. The van der Waals surface area contributed by atoms with E-state index in [0.717, 1.165) is 5.69 Å². The Morgan fingerprint density at radius 1 is 1.57 bits per heavy atom. The average Bonchev–Trinajstić information content (AvgIpc) is 2.52. The van der Waals surface area contributed by atoms with Crippen LogP contribution in [-0.4, -0.2) is 35.4 Å². The molecule has 1 aromatic heterocycles. The molecule has 0 bridgehead atoms. The zero-order chi connectivity index (χ0) is 9.97. The van der Waals surface area contributed by atoms with Gasteiger partial charge in [-0.3, -0.25) is 0 Å². The SMILES string of the molecule is Cc1ccnc(NC2COCC2F)n1. The van der Waals surface area contributed by atoms with E-state index in [1.165, 1.54) is 0 Å². The van der Waals surface area contributed by atoms with Crippen LogP contribution in [0.5, 0.6) is 0 Å². The molecule has 1 aromatic rings. The maximum Gasteiger partial charge on any atom is 0.223 e. The maximum absolute atomic E-state index is 13.1. The molecular formula is C9H12FN3O. The summed E-state index contributed by atoms with van der Waals surface area (Å²) in [5, 5.41) is 2.91. The Bertz CT molecular complexity index is 321. The zero-order valence-electron chi connectivity index (χ0n) is 7.90. The summed E-state index contributed by atoms with van der Waals surface area (Å²) in [6.07, 6.45) is 0.673. The van der Waals surface area contributed by atoms with Gasteiger partial charge in [0, 0.05) is 11.9 Å². The van der Waals surface area contributed by atoms with Gasteiger partial charge in [0.25, 0.3) is 0 Å². The molecule has 1 aliphatic heterocycles. The third-order valence-electron chi connectivity index (χ3n) is 2.12. The molecule has 2 rings (SSSR count). The molecule has 1 aliphatic rings. The summed E-state index contributed by atoms with van der Waals surface area (Å²) in [6, 6.07) is 1.47. The average molecular weight is 197 g/mol. The van der Waals surface area contributed by atoms with Crippen molar-refractivity contribution in [3.8, 4) is 0 Å². The molecule has 1 saturated heterocycles. The van der Waals surface area contributed by atoms with Gasteiger partial charge in [-0.25, -0.2) is 14.4 Å². The van der Waals surface area contributed by atoms with Crippen LogP contribution in [0.15, 0.2) is 12.3 Å². The van der Waals surface area contributed by atoms with Crippen LogP contribution in [0.4, 0.5) is 10.3 Å². The molecular weight excluding hydrogens is 185 g/mol. The van der Waals surface area contributed by atoms with E-state index in [1.807, 2.05) is 6.92 Å². The monoisotopic (exact) mass is 197 g/mol. The molecule has 14 heavy (non-hydrogen) atoms. The fourth-order valence-electron chi connectivity index (χ4n) is 1.34. The lowest BCUT2D eigenvalue weighted by Crippen LogP contribution is -2.29. The largest absolute Gasteiger partial charge is 0.376 e. The summed E-state index contributed by atoms with van der Waals surface area (Å²) in [4.78, 5) is 8.12. The number of nitrogens with one attached hydrogen (secondary N) is 1. The van der Waals surface area contributed by atoms with Crippen LogP contribution in [0.25, 0.3) is 0 Å². The van der Waals surface area contributed by atoms with Crippen molar-refractivity contribution in [1.82, 2.24) is 9.97 Å². The van der Waals surface area contributed by atoms with Gasteiger partial charge in [0.15, 0.2) is 0 Å². The number of halogens is 1. The van der Waals surface area contributed by atoms with E-state index >= 15 is 0 Å². The Labute approximate surface area is 81.5 Å². The highest BCUT2D eigenvalue weighted by atomic mass is 19.1.